The molecule has 0 atom stereocenters. The Labute approximate surface area is 199 Å². The average molecular weight is 483 g/mol. The van der Waals surface area contributed by atoms with Crippen LogP contribution in [0.4, 0.5) is 5.69 Å². The van der Waals surface area contributed by atoms with Crippen LogP contribution in [-0.4, -0.2) is 47.2 Å². The fourth-order valence-corrected chi connectivity index (χ4v) is 4.91. The molecule has 3 aromatic rings. The van der Waals surface area contributed by atoms with Crippen LogP contribution in [0.2, 0.25) is 0 Å². The number of anilines is 1. The Morgan fingerprint density at radius 3 is 2.44 bits per heavy atom. The van der Waals surface area contributed by atoms with Crippen LogP contribution in [0.5, 0.6) is 17.2 Å². The Morgan fingerprint density at radius 1 is 0.971 bits per heavy atom. The van der Waals surface area contributed by atoms with Gasteiger partial charge in [-0.05, 0) is 42.8 Å². The van der Waals surface area contributed by atoms with Crippen molar-refractivity contribution in [1.29, 1.82) is 0 Å². The van der Waals surface area contributed by atoms with Crippen LogP contribution in [0.25, 0.3) is 0 Å². The van der Waals surface area contributed by atoms with Gasteiger partial charge in [0.1, 0.15) is 32.1 Å². The fourth-order valence-electron chi connectivity index (χ4n) is 3.48. The summed E-state index contributed by atoms with van der Waals surface area (Å²) in [5, 5.41) is 2.73. The summed E-state index contributed by atoms with van der Waals surface area (Å²) in [5.74, 6) is 1.25. The van der Waals surface area contributed by atoms with E-state index in [0.717, 1.165) is 15.6 Å². The molecule has 4 rings (SSSR count). The smallest absolute Gasteiger partial charge is 0.264 e. The molecule has 0 spiro atoms. The number of fused-ring (bicyclic) bond motifs is 1. The molecule has 0 saturated heterocycles. The van der Waals surface area contributed by atoms with E-state index in [4.69, 9.17) is 14.2 Å². The second-order valence-electron chi connectivity index (χ2n) is 7.62. The minimum absolute atomic E-state index is 0.0839. The number of carbonyl (C=O) groups excluding carboxylic acids is 1. The van der Waals surface area contributed by atoms with Gasteiger partial charge in [-0.2, -0.15) is 0 Å². The third-order valence-electron chi connectivity index (χ3n) is 5.21. The van der Waals surface area contributed by atoms with E-state index in [1.165, 1.54) is 12.1 Å². The van der Waals surface area contributed by atoms with Crippen molar-refractivity contribution in [3.8, 4) is 17.2 Å². The molecule has 0 radical (unpaired) electrons. The van der Waals surface area contributed by atoms with Crippen molar-refractivity contribution in [2.45, 2.75) is 11.8 Å². The number of hydrogen-bond donors (Lipinski definition) is 1. The molecule has 34 heavy (non-hydrogen) atoms. The van der Waals surface area contributed by atoms with Gasteiger partial charge in [0, 0.05) is 6.07 Å². The number of hydrogen-bond acceptors (Lipinski definition) is 6. The summed E-state index contributed by atoms with van der Waals surface area (Å²) in [6.07, 6.45) is 0. The molecule has 0 aliphatic carbocycles. The number of rotatable bonds is 9. The van der Waals surface area contributed by atoms with Crippen LogP contribution in [0.1, 0.15) is 5.56 Å². The standard InChI is InChI=1S/C25H26N2O6S/c1-19-7-5-6-10-22(19)31-14-13-26-25(28)18-27(34(29,30)21-8-3-2-4-9-21)20-11-12-23-24(17-20)33-16-15-32-23/h2-12,17H,13-16,18H2,1H3,(H,26,28). The van der Waals surface area contributed by atoms with Crippen molar-refractivity contribution in [3.63, 3.8) is 0 Å². The summed E-state index contributed by atoms with van der Waals surface area (Å²) in [4.78, 5) is 12.8. The lowest BCUT2D eigenvalue weighted by molar-refractivity contribution is -0.119. The number of para-hydroxylation sites is 1. The molecule has 0 unspecified atom stereocenters. The summed E-state index contributed by atoms with van der Waals surface area (Å²) in [5.41, 5.74) is 1.30. The molecule has 1 amide bonds. The number of nitrogens with zero attached hydrogens (tertiary/aromatic N) is 1. The van der Waals surface area contributed by atoms with Gasteiger partial charge >= 0.3 is 0 Å². The minimum Gasteiger partial charge on any atom is -0.491 e. The topological polar surface area (TPSA) is 94.2 Å². The Bertz CT molecular complexity index is 1250. The first-order valence-corrected chi connectivity index (χ1v) is 12.3. The summed E-state index contributed by atoms with van der Waals surface area (Å²) in [7, 11) is -4.01. The summed E-state index contributed by atoms with van der Waals surface area (Å²) in [6, 6.07) is 20.4. The van der Waals surface area contributed by atoms with Crippen molar-refractivity contribution < 1.29 is 27.4 Å². The summed E-state index contributed by atoms with van der Waals surface area (Å²) in [6.45, 7) is 2.81. The number of benzene rings is 3. The highest BCUT2D eigenvalue weighted by atomic mass is 32.2. The van der Waals surface area contributed by atoms with Crippen LogP contribution in [0, 0.1) is 6.92 Å². The maximum atomic E-state index is 13.4. The van der Waals surface area contributed by atoms with Gasteiger partial charge in [-0.3, -0.25) is 9.10 Å². The van der Waals surface area contributed by atoms with Crippen molar-refractivity contribution in [2.24, 2.45) is 0 Å². The van der Waals surface area contributed by atoms with Gasteiger partial charge in [0.25, 0.3) is 10.0 Å². The zero-order chi connectivity index (χ0) is 24.0. The van der Waals surface area contributed by atoms with E-state index in [1.807, 2.05) is 31.2 Å². The molecule has 0 aromatic heterocycles. The van der Waals surface area contributed by atoms with Crippen molar-refractivity contribution in [3.05, 3.63) is 78.4 Å². The minimum atomic E-state index is -4.01. The number of amides is 1. The maximum absolute atomic E-state index is 13.4. The molecule has 1 aliphatic rings. The number of aryl methyl sites for hydroxylation is 1. The molecule has 0 bridgehead atoms. The second kappa shape index (κ2) is 10.5. The van der Waals surface area contributed by atoms with Crippen molar-refractivity contribution >= 4 is 21.6 Å². The highest BCUT2D eigenvalue weighted by molar-refractivity contribution is 7.92. The van der Waals surface area contributed by atoms with Gasteiger partial charge in [-0.1, -0.05) is 36.4 Å². The Kier molecular flexibility index (Phi) is 7.22. The number of nitrogens with one attached hydrogen (secondary N) is 1. The first kappa shape index (κ1) is 23.4. The van der Waals surface area contributed by atoms with Crippen LogP contribution < -0.4 is 23.8 Å². The highest BCUT2D eigenvalue weighted by Gasteiger charge is 2.28. The van der Waals surface area contributed by atoms with E-state index >= 15 is 0 Å². The van der Waals surface area contributed by atoms with E-state index in [1.54, 1.807) is 36.4 Å². The largest absolute Gasteiger partial charge is 0.491 e. The van der Waals surface area contributed by atoms with Gasteiger partial charge in [-0.15, -0.1) is 0 Å². The molecule has 3 aromatic carbocycles. The van der Waals surface area contributed by atoms with Crippen LogP contribution in [0.3, 0.4) is 0 Å². The lowest BCUT2D eigenvalue weighted by Gasteiger charge is -2.26. The van der Waals surface area contributed by atoms with E-state index in [2.05, 4.69) is 5.32 Å². The second-order valence-corrected chi connectivity index (χ2v) is 9.48. The molecule has 8 nitrogen and oxygen atoms in total. The molecule has 0 saturated carbocycles. The third-order valence-corrected chi connectivity index (χ3v) is 7.00. The Balaban J connectivity index is 1.49. The molecule has 178 valence electrons. The van der Waals surface area contributed by atoms with E-state index in [0.29, 0.717) is 30.4 Å². The van der Waals surface area contributed by atoms with Gasteiger partial charge in [0.05, 0.1) is 17.1 Å². The molecule has 1 N–H and O–H groups in total. The lowest BCUT2D eigenvalue weighted by Crippen LogP contribution is -2.42. The van der Waals surface area contributed by atoms with Crippen molar-refractivity contribution in [2.75, 3.05) is 37.2 Å². The Morgan fingerprint density at radius 2 is 1.68 bits per heavy atom. The van der Waals surface area contributed by atoms with E-state index < -0.39 is 22.5 Å². The number of sulfonamides is 1. The van der Waals surface area contributed by atoms with Crippen LogP contribution in [-0.2, 0) is 14.8 Å². The molecule has 1 aliphatic heterocycles. The predicted molar refractivity (Wildman–Crippen MR) is 128 cm³/mol. The molecule has 0 fully saturated rings. The first-order valence-electron chi connectivity index (χ1n) is 10.9. The number of ether oxygens (including phenoxy) is 3. The fraction of sp³-hybridized carbons (Fsp3) is 0.240. The normalized spacial score (nSPS) is 12.6. The van der Waals surface area contributed by atoms with Gasteiger partial charge in [0.2, 0.25) is 5.91 Å². The third kappa shape index (κ3) is 5.43. The quantitative estimate of drug-likeness (QED) is 0.471. The van der Waals surface area contributed by atoms with Crippen LogP contribution >= 0.6 is 0 Å². The zero-order valence-electron chi connectivity index (χ0n) is 18.8. The van der Waals surface area contributed by atoms with Gasteiger partial charge in [-0.25, -0.2) is 8.42 Å². The van der Waals surface area contributed by atoms with Crippen LogP contribution in [0.15, 0.2) is 77.7 Å². The molecular formula is C25H26N2O6S. The van der Waals surface area contributed by atoms with E-state index in [-0.39, 0.29) is 18.0 Å². The molecule has 1 heterocycles. The SMILES string of the molecule is Cc1ccccc1OCCNC(=O)CN(c1ccc2c(c1)OCCO2)S(=O)(=O)c1ccccc1. The Hall–Kier alpha value is -3.72. The van der Waals surface area contributed by atoms with Gasteiger partial charge in [0.15, 0.2) is 11.5 Å². The monoisotopic (exact) mass is 482 g/mol. The first-order chi connectivity index (χ1) is 16.4. The number of carbonyl (C=O) groups is 1. The van der Waals surface area contributed by atoms with Gasteiger partial charge < -0.3 is 19.5 Å². The summed E-state index contributed by atoms with van der Waals surface area (Å²) >= 11 is 0. The zero-order valence-corrected chi connectivity index (χ0v) is 19.6. The maximum Gasteiger partial charge on any atom is 0.264 e. The molecule has 9 heteroatoms. The lowest BCUT2D eigenvalue weighted by atomic mass is 10.2. The highest BCUT2D eigenvalue weighted by Crippen LogP contribution is 2.35. The summed E-state index contributed by atoms with van der Waals surface area (Å²) < 4.78 is 44.8. The van der Waals surface area contributed by atoms with Crippen molar-refractivity contribution in [1.82, 2.24) is 5.32 Å². The molecular weight excluding hydrogens is 456 g/mol. The average Bonchev–Trinajstić information content (AvgIpc) is 2.86. The van der Waals surface area contributed by atoms with E-state index in [9.17, 15) is 13.2 Å². The predicted octanol–water partition coefficient (Wildman–Crippen LogP) is 3.16.